The molecule has 1 saturated carbocycles. The van der Waals surface area contributed by atoms with Crippen LogP contribution in [0.1, 0.15) is 33.1 Å². The SMILES string of the molecule is CC(C)(CN)OCC1CCC1. The number of hydrogen-bond donors (Lipinski definition) is 1. The fraction of sp³-hybridized carbons (Fsp3) is 1.00. The fourth-order valence-corrected chi connectivity index (χ4v) is 1.06. The van der Waals surface area contributed by atoms with E-state index in [0.29, 0.717) is 6.54 Å². The predicted molar refractivity (Wildman–Crippen MR) is 46.4 cm³/mol. The lowest BCUT2D eigenvalue weighted by molar-refractivity contribution is -0.0413. The molecule has 0 aromatic carbocycles. The number of ether oxygens (including phenoxy) is 1. The van der Waals surface area contributed by atoms with Crippen molar-refractivity contribution in [3.05, 3.63) is 0 Å². The van der Waals surface area contributed by atoms with Gasteiger partial charge in [0.15, 0.2) is 0 Å². The van der Waals surface area contributed by atoms with Crippen molar-refractivity contribution in [2.24, 2.45) is 11.7 Å². The lowest BCUT2D eigenvalue weighted by Crippen LogP contribution is -2.36. The third kappa shape index (κ3) is 2.80. The number of hydrogen-bond acceptors (Lipinski definition) is 2. The first-order chi connectivity index (χ1) is 5.14. The van der Waals surface area contributed by atoms with Crippen molar-refractivity contribution >= 4 is 0 Å². The van der Waals surface area contributed by atoms with Gasteiger partial charge in [0.2, 0.25) is 0 Å². The maximum Gasteiger partial charge on any atom is 0.0748 e. The van der Waals surface area contributed by atoms with E-state index in [-0.39, 0.29) is 5.60 Å². The molecule has 2 heteroatoms. The molecule has 1 fully saturated rings. The van der Waals surface area contributed by atoms with Crippen molar-refractivity contribution < 1.29 is 4.74 Å². The van der Waals surface area contributed by atoms with Crippen LogP contribution < -0.4 is 5.73 Å². The van der Waals surface area contributed by atoms with Crippen molar-refractivity contribution in [1.29, 1.82) is 0 Å². The second kappa shape index (κ2) is 3.55. The van der Waals surface area contributed by atoms with E-state index in [1.165, 1.54) is 19.3 Å². The molecule has 66 valence electrons. The maximum atomic E-state index is 5.66. The molecule has 0 unspecified atom stereocenters. The minimum atomic E-state index is -0.115. The monoisotopic (exact) mass is 157 g/mol. The van der Waals surface area contributed by atoms with Gasteiger partial charge in [0.05, 0.1) is 12.2 Å². The molecule has 0 atom stereocenters. The number of nitrogens with two attached hydrogens (primary N) is 1. The zero-order chi connectivity index (χ0) is 8.32. The molecule has 2 nitrogen and oxygen atoms in total. The van der Waals surface area contributed by atoms with E-state index in [1.54, 1.807) is 0 Å². The minimum absolute atomic E-state index is 0.115. The molecule has 0 heterocycles. The summed E-state index contributed by atoms with van der Waals surface area (Å²) in [4.78, 5) is 0. The van der Waals surface area contributed by atoms with Crippen LogP contribution in [0.4, 0.5) is 0 Å². The van der Waals surface area contributed by atoms with Crippen LogP contribution in [0.25, 0.3) is 0 Å². The Bertz CT molecular complexity index is 119. The summed E-state index contributed by atoms with van der Waals surface area (Å²) in [6, 6.07) is 0. The summed E-state index contributed by atoms with van der Waals surface area (Å²) in [6.07, 6.45) is 4.08. The summed E-state index contributed by atoms with van der Waals surface area (Å²) in [5, 5.41) is 0. The van der Waals surface area contributed by atoms with Gasteiger partial charge in [-0.1, -0.05) is 6.42 Å². The largest absolute Gasteiger partial charge is 0.374 e. The Morgan fingerprint density at radius 2 is 2.09 bits per heavy atom. The molecular weight excluding hydrogens is 138 g/mol. The first-order valence-electron chi connectivity index (χ1n) is 4.48. The molecule has 1 rings (SSSR count). The molecule has 0 bridgehead atoms. The van der Waals surface area contributed by atoms with Gasteiger partial charge < -0.3 is 10.5 Å². The summed E-state index contributed by atoms with van der Waals surface area (Å²) in [7, 11) is 0. The molecule has 0 radical (unpaired) electrons. The standard InChI is InChI=1S/C9H19NO/c1-9(2,7-10)11-6-8-4-3-5-8/h8H,3-7,10H2,1-2H3. The van der Waals surface area contributed by atoms with E-state index in [9.17, 15) is 0 Å². The first kappa shape index (κ1) is 9.01. The summed E-state index contributed by atoms with van der Waals surface area (Å²) < 4.78 is 5.66. The second-order valence-corrected chi connectivity index (χ2v) is 4.07. The van der Waals surface area contributed by atoms with Gasteiger partial charge in [0, 0.05) is 6.54 Å². The molecule has 1 aliphatic rings. The van der Waals surface area contributed by atoms with Crippen molar-refractivity contribution in [2.45, 2.75) is 38.7 Å². The van der Waals surface area contributed by atoms with Crippen LogP contribution in [0.15, 0.2) is 0 Å². The highest BCUT2D eigenvalue weighted by molar-refractivity contribution is 4.73. The minimum Gasteiger partial charge on any atom is -0.374 e. The van der Waals surface area contributed by atoms with E-state index in [2.05, 4.69) is 0 Å². The van der Waals surface area contributed by atoms with Crippen molar-refractivity contribution in [3.8, 4) is 0 Å². The Morgan fingerprint density at radius 1 is 1.45 bits per heavy atom. The third-order valence-corrected chi connectivity index (χ3v) is 2.43. The summed E-state index contributed by atoms with van der Waals surface area (Å²) >= 11 is 0. The topological polar surface area (TPSA) is 35.2 Å². The van der Waals surface area contributed by atoms with E-state index in [0.717, 1.165) is 12.5 Å². The summed E-state index contributed by atoms with van der Waals surface area (Å²) in [5.41, 5.74) is 5.41. The third-order valence-electron chi connectivity index (χ3n) is 2.43. The molecule has 11 heavy (non-hydrogen) atoms. The smallest absolute Gasteiger partial charge is 0.0748 e. The quantitative estimate of drug-likeness (QED) is 0.672. The molecule has 0 aromatic heterocycles. The van der Waals surface area contributed by atoms with Crippen LogP contribution in [-0.2, 0) is 4.74 Å². The first-order valence-corrected chi connectivity index (χ1v) is 4.48. The predicted octanol–water partition coefficient (Wildman–Crippen LogP) is 1.54. The highest BCUT2D eigenvalue weighted by atomic mass is 16.5. The van der Waals surface area contributed by atoms with Gasteiger partial charge in [0.1, 0.15) is 0 Å². The van der Waals surface area contributed by atoms with Crippen LogP contribution in [0, 0.1) is 5.92 Å². The Hall–Kier alpha value is -0.0800. The Kier molecular flexibility index (Phi) is 2.90. The van der Waals surface area contributed by atoms with Gasteiger partial charge in [-0.3, -0.25) is 0 Å². The van der Waals surface area contributed by atoms with E-state index < -0.39 is 0 Å². The molecule has 0 aliphatic heterocycles. The van der Waals surface area contributed by atoms with E-state index in [1.807, 2.05) is 13.8 Å². The molecular formula is C9H19NO. The Morgan fingerprint density at radius 3 is 2.45 bits per heavy atom. The highest BCUT2D eigenvalue weighted by Crippen LogP contribution is 2.27. The zero-order valence-corrected chi connectivity index (χ0v) is 7.60. The van der Waals surface area contributed by atoms with E-state index in [4.69, 9.17) is 10.5 Å². The lowest BCUT2D eigenvalue weighted by Gasteiger charge is -2.30. The second-order valence-electron chi connectivity index (χ2n) is 4.07. The lowest BCUT2D eigenvalue weighted by atomic mass is 9.86. The van der Waals surface area contributed by atoms with Crippen molar-refractivity contribution in [2.75, 3.05) is 13.2 Å². The van der Waals surface area contributed by atoms with Gasteiger partial charge in [-0.25, -0.2) is 0 Å². The molecule has 0 aromatic rings. The Balaban J connectivity index is 2.09. The van der Waals surface area contributed by atoms with Crippen LogP contribution in [0.3, 0.4) is 0 Å². The normalized spacial score (nSPS) is 19.9. The molecule has 0 spiro atoms. The van der Waals surface area contributed by atoms with Gasteiger partial charge in [0.25, 0.3) is 0 Å². The Labute approximate surface area is 69.1 Å². The molecule has 0 saturated heterocycles. The van der Waals surface area contributed by atoms with Gasteiger partial charge in [-0.15, -0.1) is 0 Å². The molecule has 2 N–H and O–H groups in total. The van der Waals surface area contributed by atoms with Gasteiger partial charge in [-0.2, -0.15) is 0 Å². The van der Waals surface area contributed by atoms with Crippen LogP contribution in [0.2, 0.25) is 0 Å². The molecule has 1 aliphatic carbocycles. The van der Waals surface area contributed by atoms with Gasteiger partial charge in [-0.05, 0) is 32.6 Å². The van der Waals surface area contributed by atoms with Crippen LogP contribution in [0.5, 0.6) is 0 Å². The van der Waals surface area contributed by atoms with Crippen molar-refractivity contribution in [1.82, 2.24) is 0 Å². The van der Waals surface area contributed by atoms with Gasteiger partial charge >= 0.3 is 0 Å². The maximum absolute atomic E-state index is 5.66. The average molecular weight is 157 g/mol. The summed E-state index contributed by atoms with van der Waals surface area (Å²) in [5.74, 6) is 0.820. The zero-order valence-electron chi connectivity index (χ0n) is 7.60. The van der Waals surface area contributed by atoms with Crippen molar-refractivity contribution in [3.63, 3.8) is 0 Å². The summed E-state index contributed by atoms with van der Waals surface area (Å²) in [6.45, 7) is 5.61. The van der Waals surface area contributed by atoms with Crippen LogP contribution >= 0.6 is 0 Å². The molecule has 0 amide bonds. The fourth-order valence-electron chi connectivity index (χ4n) is 1.06. The highest BCUT2D eigenvalue weighted by Gasteiger charge is 2.22. The number of rotatable bonds is 4. The average Bonchev–Trinajstić information content (AvgIpc) is 1.84. The van der Waals surface area contributed by atoms with Crippen LogP contribution in [-0.4, -0.2) is 18.8 Å². The van der Waals surface area contributed by atoms with E-state index >= 15 is 0 Å².